The van der Waals surface area contributed by atoms with E-state index in [4.69, 9.17) is 9.26 Å². The topological polar surface area (TPSA) is 94.3 Å². The van der Waals surface area contributed by atoms with Crippen molar-refractivity contribution in [2.75, 3.05) is 0 Å². The number of aromatic nitrogens is 2. The predicted octanol–water partition coefficient (Wildman–Crippen LogP) is 2.76. The first kappa shape index (κ1) is 17.1. The molecule has 0 saturated heterocycles. The number of hydrogen-bond acceptors (Lipinski definition) is 7. The third-order valence-electron chi connectivity index (χ3n) is 3.64. The maximum Gasteiger partial charge on any atom is 0.339 e. The van der Waals surface area contributed by atoms with E-state index in [-0.39, 0.29) is 11.6 Å². The van der Waals surface area contributed by atoms with Gasteiger partial charge in [0.25, 0.3) is 11.6 Å². The van der Waals surface area contributed by atoms with Gasteiger partial charge in [-0.1, -0.05) is 11.2 Å². The largest absolute Gasteiger partial charge is 0.449 e. The SMILES string of the molecule is Cc1cc(C(=O)O[C@@H](C)C(=O)NCc2cccs2)c2c(C)noc2n1. The molecule has 0 aliphatic rings. The normalized spacial score (nSPS) is 12.1. The fourth-order valence-electron chi connectivity index (χ4n) is 2.39. The van der Waals surface area contributed by atoms with Gasteiger partial charge in [0.15, 0.2) is 6.10 Å². The lowest BCUT2D eigenvalue weighted by atomic mass is 10.1. The van der Waals surface area contributed by atoms with Gasteiger partial charge < -0.3 is 14.6 Å². The van der Waals surface area contributed by atoms with Crippen LogP contribution in [0.5, 0.6) is 0 Å². The number of fused-ring (bicyclic) bond motifs is 1. The quantitative estimate of drug-likeness (QED) is 0.704. The summed E-state index contributed by atoms with van der Waals surface area (Å²) in [6.07, 6.45) is -0.920. The van der Waals surface area contributed by atoms with E-state index in [1.54, 1.807) is 31.3 Å². The van der Waals surface area contributed by atoms with Crippen LogP contribution in [-0.2, 0) is 16.1 Å². The Hall–Kier alpha value is -2.74. The molecule has 0 fully saturated rings. The Labute approximate surface area is 148 Å². The van der Waals surface area contributed by atoms with Crippen molar-refractivity contribution in [2.24, 2.45) is 0 Å². The molecule has 0 spiro atoms. The zero-order chi connectivity index (χ0) is 18.0. The zero-order valence-electron chi connectivity index (χ0n) is 14.0. The summed E-state index contributed by atoms with van der Waals surface area (Å²) in [7, 11) is 0. The second-order valence-corrected chi connectivity index (χ2v) is 6.64. The number of carbonyl (C=O) groups excluding carboxylic acids is 2. The predicted molar refractivity (Wildman–Crippen MR) is 92.3 cm³/mol. The Bertz CT molecular complexity index is 918. The van der Waals surface area contributed by atoms with Gasteiger partial charge in [-0.25, -0.2) is 9.78 Å². The van der Waals surface area contributed by atoms with Crippen LogP contribution in [0.4, 0.5) is 0 Å². The summed E-state index contributed by atoms with van der Waals surface area (Å²) in [6, 6.07) is 5.44. The molecule has 0 saturated carbocycles. The summed E-state index contributed by atoms with van der Waals surface area (Å²) in [5.74, 6) is -0.966. The Morgan fingerprint density at radius 2 is 2.20 bits per heavy atom. The van der Waals surface area contributed by atoms with Crippen molar-refractivity contribution < 1.29 is 18.8 Å². The number of nitrogens with zero attached hydrogens (tertiary/aromatic N) is 2. The first-order chi connectivity index (χ1) is 12.0. The van der Waals surface area contributed by atoms with Crippen molar-refractivity contribution in [2.45, 2.75) is 33.4 Å². The third-order valence-corrected chi connectivity index (χ3v) is 4.51. The Morgan fingerprint density at radius 3 is 2.92 bits per heavy atom. The van der Waals surface area contributed by atoms with E-state index >= 15 is 0 Å². The van der Waals surface area contributed by atoms with Crippen LogP contribution in [0, 0.1) is 13.8 Å². The van der Waals surface area contributed by atoms with E-state index in [2.05, 4.69) is 15.5 Å². The zero-order valence-corrected chi connectivity index (χ0v) is 14.8. The van der Waals surface area contributed by atoms with Crippen LogP contribution in [0.1, 0.15) is 33.5 Å². The number of nitrogens with one attached hydrogen (secondary N) is 1. The monoisotopic (exact) mass is 359 g/mol. The highest BCUT2D eigenvalue weighted by Gasteiger charge is 2.23. The Morgan fingerprint density at radius 1 is 1.40 bits per heavy atom. The second-order valence-electron chi connectivity index (χ2n) is 5.60. The van der Waals surface area contributed by atoms with Crippen LogP contribution in [-0.4, -0.2) is 28.1 Å². The molecule has 3 aromatic heterocycles. The van der Waals surface area contributed by atoms with Crippen molar-refractivity contribution in [1.82, 2.24) is 15.5 Å². The number of rotatable bonds is 5. The standard InChI is InChI=1S/C17H17N3O4S/c1-9-7-13(14-10(2)20-24-16(14)19-9)17(22)23-11(3)15(21)18-8-12-5-4-6-25-12/h4-7,11H,8H2,1-3H3,(H,18,21)/t11-/m0/s1. The van der Waals surface area contributed by atoms with Crippen molar-refractivity contribution in [3.8, 4) is 0 Å². The molecular formula is C17H17N3O4S. The third kappa shape index (κ3) is 3.69. The molecule has 7 nitrogen and oxygen atoms in total. The molecule has 8 heteroatoms. The highest BCUT2D eigenvalue weighted by molar-refractivity contribution is 7.09. The number of thiophene rings is 1. The molecule has 130 valence electrons. The highest BCUT2D eigenvalue weighted by Crippen LogP contribution is 2.23. The lowest BCUT2D eigenvalue weighted by Gasteiger charge is -2.13. The molecule has 1 amide bonds. The van der Waals surface area contributed by atoms with Gasteiger partial charge in [0, 0.05) is 10.6 Å². The minimum Gasteiger partial charge on any atom is -0.449 e. The molecule has 0 aliphatic carbocycles. The molecule has 0 aliphatic heterocycles. The summed E-state index contributed by atoms with van der Waals surface area (Å²) in [4.78, 5) is 29.9. The van der Waals surface area contributed by atoms with Crippen LogP contribution < -0.4 is 5.32 Å². The average Bonchev–Trinajstić information content (AvgIpc) is 3.22. The van der Waals surface area contributed by atoms with Crippen molar-refractivity contribution >= 4 is 34.3 Å². The number of ether oxygens (including phenoxy) is 1. The van der Waals surface area contributed by atoms with Crippen molar-refractivity contribution in [3.63, 3.8) is 0 Å². The van der Waals surface area contributed by atoms with Gasteiger partial charge in [-0.05, 0) is 38.3 Å². The van der Waals surface area contributed by atoms with E-state index in [0.29, 0.717) is 28.9 Å². The van der Waals surface area contributed by atoms with Gasteiger partial charge in [-0.2, -0.15) is 0 Å². The van der Waals surface area contributed by atoms with Crippen molar-refractivity contribution in [1.29, 1.82) is 0 Å². The lowest BCUT2D eigenvalue weighted by Crippen LogP contribution is -2.35. The van der Waals surface area contributed by atoms with E-state index in [9.17, 15) is 9.59 Å². The van der Waals surface area contributed by atoms with E-state index in [1.165, 1.54) is 6.92 Å². The van der Waals surface area contributed by atoms with Crippen LogP contribution in [0.25, 0.3) is 11.1 Å². The Balaban J connectivity index is 1.71. The molecule has 25 heavy (non-hydrogen) atoms. The average molecular weight is 359 g/mol. The van der Waals surface area contributed by atoms with E-state index < -0.39 is 12.1 Å². The summed E-state index contributed by atoms with van der Waals surface area (Å²) >= 11 is 1.55. The molecule has 3 aromatic rings. The summed E-state index contributed by atoms with van der Waals surface area (Å²) < 4.78 is 10.4. The van der Waals surface area contributed by atoms with E-state index in [1.807, 2.05) is 17.5 Å². The van der Waals surface area contributed by atoms with Gasteiger partial charge in [0.05, 0.1) is 23.2 Å². The van der Waals surface area contributed by atoms with Gasteiger partial charge in [-0.3, -0.25) is 4.79 Å². The van der Waals surface area contributed by atoms with Crippen LogP contribution in [0.2, 0.25) is 0 Å². The molecular weight excluding hydrogens is 342 g/mol. The second kappa shape index (κ2) is 7.02. The van der Waals surface area contributed by atoms with Gasteiger partial charge in [-0.15, -0.1) is 11.3 Å². The fraction of sp³-hybridized carbons (Fsp3) is 0.294. The molecule has 0 aromatic carbocycles. The maximum atomic E-state index is 12.5. The summed E-state index contributed by atoms with van der Waals surface area (Å²) in [6.45, 7) is 5.40. The lowest BCUT2D eigenvalue weighted by molar-refractivity contribution is -0.129. The summed E-state index contributed by atoms with van der Waals surface area (Å²) in [5.41, 5.74) is 1.72. The summed E-state index contributed by atoms with van der Waals surface area (Å²) in [5, 5.41) is 9.01. The van der Waals surface area contributed by atoms with Crippen molar-refractivity contribution in [3.05, 3.63) is 45.4 Å². The number of pyridine rings is 1. The molecule has 0 unspecified atom stereocenters. The smallest absolute Gasteiger partial charge is 0.339 e. The van der Waals surface area contributed by atoms with E-state index in [0.717, 1.165) is 4.88 Å². The molecule has 3 heterocycles. The number of carbonyl (C=O) groups is 2. The maximum absolute atomic E-state index is 12.5. The molecule has 0 bridgehead atoms. The molecule has 0 radical (unpaired) electrons. The highest BCUT2D eigenvalue weighted by atomic mass is 32.1. The minimum atomic E-state index is -0.920. The molecule has 1 atom stereocenters. The van der Waals surface area contributed by atoms with Gasteiger partial charge in [0.2, 0.25) is 0 Å². The van der Waals surface area contributed by atoms with Gasteiger partial charge >= 0.3 is 5.97 Å². The Kier molecular flexibility index (Phi) is 4.80. The first-order valence-electron chi connectivity index (χ1n) is 7.70. The van der Waals surface area contributed by atoms with Crippen LogP contribution in [0.3, 0.4) is 0 Å². The van der Waals surface area contributed by atoms with Gasteiger partial charge in [0.1, 0.15) is 0 Å². The fourth-order valence-corrected chi connectivity index (χ4v) is 3.03. The number of aryl methyl sites for hydroxylation is 2. The number of esters is 1. The van der Waals surface area contributed by atoms with Crippen LogP contribution >= 0.6 is 11.3 Å². The number of hydrogen-bond donors (Lipinski definition) is 1. The first-order valence-corrected chi connectivity index (χ1v) is 8.58. The minimum absolute atomic E-state index is 0.277. The molecule has 3 rings (SSSR count). The number of amides is 1. The molecule has 1 N–H and O–H groups in total. The van der Waals surface area contributed by atoms with Crippen LogP contribution in [0.15, 0.2) is 28.1 Å².